The number of benzene rings is 2. The first kappa shape index (κ1) is 21.8. The molecule has 2 heterocycles. The van der Waals surface area contributed by atoms with Crippen LogP contribution in [0.25, 0.3) is 11.5 Å². The van der Waals surface area contributed by atoms with Crippen LogP contribution in [0.5, 0.6) is 11.5 Å². The average Bonchev–Trinajstić information content (AvgIpc) is 3.40. The van der Waals surface area contributed by atoms with Gasteiger partial charge in [0, 0.05) is 11.6 Å². The minimum atomic E-state index is -0.0939. The minimum absolute atomic E-state index is 0.0939. The van der Waals surface area contributed by atoms with Crippen LogP contribution in [0.2, 0.25) is 5.02 Å². The lowest BCUT2D eigenvalue weighted by molar-refractivity contribution is 0.288. The fourth-order valence-corrected chi connectivity index (χ4v) is 4.51. The number of hydrogen-bond acceptors (Lipinski definition) is 8. The van der Waals surface area contributed by atoms with Gasteiger partial charge in [0.2, 0.25) is 11.8 Å². The Bertz CT molecular complexity index is 1240. The third-order valence-electron chi connectivity index (χ3n) is 5.25. The van der Waals surface area contributed by atoms with Gasteiger partial charge in [-0.3, -0.25) is 4.57 Å². The molecule has 1 atom stereocenters. The number of halogens is 1. The summed E-state index contributed by atoms with van der Waals surface area (Å²) in [5, 5.41) is 18.5. The number of rotatable bonds is 9. The molecule has 0 bridgehead atoms. The molecule has 1 aliphatic rings. The number of ether oxygens (including phenoxy) is 2. The Balaban J connectivity index is 1.30. The number of aromatic nitrogens is 5. The van der Waals surface area contributed by atoms with Gasteiger partial charge in [-0.25, -0.2) is 0 Å². The Hall–Kier alpha value is -3.04. The zero-order valence-corrected chi connectivity index (χ0v) is 19.7. The maximum atomic E-state index is 6.21. The lowest BCUT2D eigenvalue weighted by Gasteiger charge is -2.12. The van der Waals surface area contributed by atoms with Crippen molar-refractivity contribution < 1.29 is 13.9 Å². The van der Waals surface area contributed by atoms with Crippen molar-refractivity contribution in [3.05, 3.63) is 65.3 Å². The fourth-order valence-electron chi connectivity index (χ4n) is 3.35. The van der Waals surface area contributed by atoms with Crippen molar-refractivity contribution in [1.29, 1.82) is 0 Å². The SMILES string of the molecule is COc1ccc(-c2nnc([C@H](C)Sc3nnc(COc4ccccc4Cl)n3C3CC3)o2)cc1. The van der Waals surface area contributed by atoms with Crippen LogP contribution in [0, 0.1) is 0 Å². The van der Waals surface area contributed by atoms with Crippen molar-refractivity contribution in [2.24, 2.45) is 0 Å². The first-order valence-corrected chi connectivity index (χ1v) is 11.8. The zero-order valence-electron chi connectivity index (χ0n) is 18.1. The minimum Gasteiger partial charge on any atom is -0.497 e. The highest BCUT2D eigenvalue weighted by molar-refractivity contribution is 7.99. The molecule has 8 nitrogen and oxygen atoms in total. The van der Waals surface area contributed by atoms with Crippen LogP contribution < -0.4 is 9.47 Å². The van der Waals surface area contributed by atoms with Gasteiger partial charge in [0.05, 0.1) is 17.4 Å². The number of nitrogens with zero attached hydrogens (tertiary/aromatic N) is 5. The number of thioether (sulfide) groups is 1. The first-order chi connectivity index (χ1) is 16.1. The van der Waals surface area contributed by atoms with Crippen LogP contribution in [0.15, 0.2) is 58.1 Å². The summed E-state index contributed by atoms with van der Waals surface area (Å²) in [4.78, 5) is 0. The Morgan fingerprint density at radius 1 is 1.09 bits per heavy atom. The van der Waals surface area contributed by atoms with Crippen LogP contribution >= 0.6 is 23.4 Å². The Labute approximate surface area is 200 Å². The van der Waals surface area contributed by atoms with Crippen molar-refractivity contribution >= 4 is 23.4 Å². The van der Waals surface area contributed by atoms with Crippen LogP contribution in [-0.4, -0.2) is 32.1 Å². The predicted molar refractivity (Wildman–Crippen MR) is 125 cm³/mol. The highest BCUT2D eigenvalue weighted by Gasteiger charge is 2.31. The molecule has 0 N–H and O–H groups in total. The lowest BCUT2D eigenvalue weighted by Crippen LogP contribution is -2.07. The third-order valence-corrected chi connectivity index (χ3v) is 6.60. The van der Waals surface area contributed by atoms with E-state index in [1.807, 2.05) is 49.4 Å². The van der Waals surface area contributed by atoms with E-state index in [9.17, 15) is 0 Å². The molecule has 0 amide bonds. The molecule has 2 aromatic heterocycles. The van der Waals surface area contributed by atoms with Crippen LogP contribution in [0.3, 0.4) is 0 Å². The van der Waals surface area contributed by atoms with Gasteiger partial charge in [-0.15, -0.1) is 20.4 Å². The summed E-state index contributed by atoms with van der Waals surface area (Å²) in [6.07, 6.45) is 2.20. The van der Waals surface area contributed by atoms with Crippen LogP contribution in [0.1, 0.15) is 42.8 Å². The van der Waals surface area contributed by atoms with E-state index < -0.39 is 0 Å². The molecule has 0 radical (unpaired) electrons. The molecule has 2 aromatic carbocycles. The van der Waals surface area contributed by atoms with E-state index in [1.54, 1.807) is 24.9 Å². The first-order valence-electron chi connectivity index (χ1n) is 10.6. The molecule has 33 heavy (non-hydrogen) atoms. The molecule has 0 unspecified atom stereocenters. The molecule has 5 rings (SSSR count). The number of methoxy groups -OCH3 is 1. The van der Waals surface area contributed by atoms with Gasteiger partial charge >= 0.3 is 0 Å². The van der Waals surface area contributed by atoms with Crippen molar-refractivity contribution in [3.8, 4) is 23.0 Å². The van der Waals surface area contributed by atoms with Gasteiger partial charge in [0.15, 0.2) is 11.0 Å². The molecule has 4 aromatic rings. The summed E-state index contributed by atoms with van der Waals surface area (Å²) in [6.45, 7) is 2.31. The maximum absolute atomic E-state index is 6.21. The zero-order chi connectivity index (χ0) is 22.8. The normalized spacial score (nSPS) is 14.3. The van der Waals surface area contributed by atoms with E-state index >= 15 is 0 Å². The molecule has 0 spiro atoms. The fraction of sp³-hybridized carbons (Fsp3) is 0.304. The molecule has 10 heteroatoms. The van der Waals surface area contributed by atoms with Gasteiger partial charge in [0.1, 0.15) is 18.1 Å². The molecule has 1 saturated carbocycles. The van der Waals surface area contributed by atoms with Crippen molar-refractivity contribution in [2.75, 3.05) is 7.11 Å². The third kappa shape index (κ3) is 4.84. The molecular weight excluding hydrogens is 462 g/mol. The number of para-hydroxylation sites is 1. The van der Waals surface area contributed by atoms with Gasteiger partial charge in [0.25, 0.3) is 0 Å². The van der Waals surface area contributed by atoms with E-state index in [0.717, 1.165) is 35.1 Å². The standard InChI is InChI=1S/C23H22ClN5O3S/c1-14(21-26-27-22(32-21)15-7-11-17(30-2)12-8-15)33-23-28-25-20(29(23)16-9-10-16)13-31-19-6-4-3-5-18(19)24/h3-8,11-12,14,16H,9-10,13H2,1-2H3/t14-/m0/s1. The second-order valence-corrected chi connectivity index (χ2v) is 9.37. The summed E-state index contributed by atoms with van der Waals surface area (Å²) in [7, 11) is 1.63. The summed E-state index contributed by atoms with van der Waals surface area (Å²) in [5.41, 5.74) is 0.840. The largest absolute Gasteiger partial charge is 0.497 e. The predicted octanol–water partition coefficient (Wildman–Crippen LogP) is 5.76. The highest BCUT2D eigenvalue weighted by Crippen LogP contribution is 2.42. The molecule has 1 fully saturated rings. The van der Waals surface area contributed by atoms with Crippen molar-refractivity contribution in [1.82, 2.24) is 25.0 Å². The quantitative estimate of drug-likeness (QED) is 0.278. The van der Waals surface area contributed by atoms with E-state index in [1.165, 1.54) is 0 Å². The topological polar surface area (TPSA) is 88.1 Å². The summed E-state index contributed by atoms with van der Waals surface area (Å²) >= 11 is 7.75. The summed E-state index contributed by atoms with van der Waals surface area (Å²) in [6, 6.07) is 15.3. The van der Waals surface area contributed by atoms with E-state index in [4.69, 9.17) is 25.5 Å². The second-order valence-electron chi connectivity index (χ2n) is 7.65. The summed E-state index contributed by atoms with van der Waals surface area (Å²) < 4.78 is 19.2. The summed E-state index contributed by atoms with van der Waals surface area (Å²) in [5.74, 6) is 3.18. The van der Waals surface area contributed by atoms with Gasteiger partial charge in [-0.2, -0.15) is 0 Å². The molecule has 170 valence electrons. The van der Waals surface area contributed by atoms with Gasteiger partial charge < -0.3 is 13.9 Å². The number of hydrogen-bond donors (Lipinski definition) is 0. The Morgan fingerprint density at radius 3 is 2.61 bits per heavy atom. The van der Waals surface area contributed by atoms with E-state index in [-0.39, 0.29) is 5.25 Å². The molecule has 0 aliphatic heterocycles. The van der Waals surface area contributed by atoms with Crippen molar-refractivity contribution in [2.45, 2.75) is 42.8 Å². The molecule has 1 aliphatic carbocycles. The van der Waals surface area contributed by atoms with E-state index in [2.05, 4.69) is 25.0 Å². The second kappa shape index (κ2) is 9.44. The van der Waals surface area contributed by atoms with Gasteiger partial charge in [-0.1, -0.05) is 35.5 Å². The molecular formula is C23H22ClN5O3S. The monoisotopic (exact) mass is 483 g/mol. The average molecular weight is 484 g/mol. The lowest BCUT2D eigenvalue weighted by atomic mass is 10.2. The highest BCUT2D eigenvalue weighted by atomic mass is 35.5. The molecule has 0 saturated heterocycles. The Kier molecular flexibility index (Phi) is 6.24. The van der Waals surface area contributed by atoms with Crippen LogP contribution in [0.4, 0.5) is 0 Å². The smallest absolute Gasteiger partial charge is 0.247 e. The maximum Gasteiger partial charge on any atom is 0.247 e. The Morgan fingerprint density at radius 2 is 1.88 bits per heavy atom. The van der Waals surface area contributed by atoms with Crippen molar-refractivity contribution in [3.63, 3.8) is 0 Å². The van der Waals surface area contributed by atoms with Gasteiger partial charge in [-0.05, 0) is 56.2 Å². The van der Waals surface area contributed by atoms with Crippen LogP contribution in [-0.2, 0) is 6.61 Å². The van der Waals surface area contributed by atoms with E-state index in [0.29, 0.717) is 35.2 Å².